The third kappa shape index (κ3) is 3.72. The van der Waals surface area contributed by atoms with E-state index in [1.54, 1.807) is 12.2 Å². The molecule has 0 spiro atoms. The third-order valence-electron chi connectivity index (χ3n) is 1.68. The largest absolute Gasteiger partial charge is 0.385 e. The van der Waals surface area contributed by atoms with Gasteiger partial charge in [-0.3, -0.25) is 0 Å². The van der Waals surface area contributed by atoms with Gasteiger partial charge in [0.2, 0.25) is 0 Å². The first-order valence-electron chi connectivity index (χ1n) is 4.37. The molecule has 1 N–H and O–H groups in total. The Balaban J connectivity index is 2.59. The summed E-state index contributed by atoms with van der Waals surface area (Å²) in [7, 11) is 0. The molecule has 1 rings (SSSR count). The maximum atomic E-state index is 9.34. The Labute approximate surface area is 79.0 Å². The number of hydrogen-bond donors (Lipinski definition) is 1. The summed E-state index contributed by atoms with van der Waals surface area (Å²) >= 11 is 0. The standard InChI is InChI=1S/C12H14O/c1-2-6-12(13)10-9-11-7-4-3-5-8-11/h2-10,12-13H,1H3/b6-2+,10-9+. The van der Waals surface area contributed by atoms with Crippen LogP contribution in [0.15, 0.2) is 48.6 Å². The number of aliphatic hydroxyl groups excluding tert-OH is 1. The van der Waals surface area contributed by atoms with Crippen molar-refractivity contribution in [3.8, 4) is 0 Å². The Morgan fingerprint density at radius 3 is 2.46 bits per heavy atom. The Morgan fingerprint density at radius 1 is 1.15 bits per heavy atom. The van der Waals surface area contributed by atoms with Crippen LogP contribution in [0.5, 0.6) is 0 Å². The van der Waals surface area contributed by atoms with Crippen LogP contribution in [-0.2, 0) is 0 Å². The molecule has 0 aliphatic carbocycles. The van der Waals surface area contributed by atoms with Gasteiger partial charge in [-0.2, -0.15) is 0 Å². The molecule has 0 bridgehead atoms. The molecule has 0 aliphatic heterocycles. The first-order chi connectivity index (χ1) is 6.33. The van der Waals surface area contributed by atoms with Crippen LogP contribution < -0.4 is 0 Å². The van der Waals surface area contributed by atoms with Crippen LogP contribution >= 0.6 is 0 Å². The quantitative estimate of drug-likeness (QED) is 0.698. The fraction of sp³-hybridized carbons (Fsp3) is 0.167. The van der Waals surface area contributed by atoms with Crippen molar-refractivity contribution in [2.24, 2.45) is 0 Å². The lowest BCUT2D eigenvalue weighted by atomic mass is 10.2. The summed E-state index contributed by atoms with van der Waals surface area (Å²) in [5, 5.41) is 9.34. The van der Waals surface area contributed by atoms with Crippen molar-refractivity contribution in [1.29, 1.82) is 0 Å². The van der Waals surface area contributed by atoms with Crippen LogP contribution in [0.1, 0.15) is 12.5 Å². The molecule has 0 saturated carbocycles. The molecule has 1 aromatic carbocycles. The lowest BCUT2D eigenvalue weighted by Gasteiger charge is -1.96. The van der Waals surface area contributed by atoms with Crippen LogP contribution in [0.25, 0.3) is 6.08 Å². The number of rotatable bonds is 3. The number of aliphatic hydroxyl groups is 1. The van der Waals surface area contributed by atoms with E-state index < -0.39 is 6.10 Å². The molecule has 0 fully saturated rings. The molecule has 13 heavy (non-hydrogen) atoms. The highest BCUT2D eigenvalue weighted by molar-refractivity contribution is 5.49. The molecule has 0 radical (unpaired) electrons. The van der Waals surface area contributed by atoms with E-state index in [2.05, 4.69) is 0 Å². The lowest BCUT2D eigenvalue weighted by molar-refractivity contribution is 0.272. The van der Waals surface area contributed by atoms with E-state index in [-0.39, 0.29) is 0 Å². The fourth-order valence-electron chi connectivity index (χ4n) is 1.04. The highest BCUT2D eigenvalue weighted by Gasteiger charge is 1.89. The third-order valence-corrected chi connectivity index (χ3v) is 1.68. The van der Waals surface area contributed by atoms with Gasteiger partial charge in [0, 0.05) is 0 Å². The Kier molecular flexibility index (Phi) is 4.00. The SMILES string of the molecule is C/C=C/C(O)/C=C/c1ccccc1. The average Bonchev–Trinajstić information content (AvgIpc) is 2.17. The van der Waals surface area contributed by atoms with Crippen molar-refractivity contribution >= 4 is 6.08 Å². The summed E-state index contributed by atoms with van der Waals surface area (Å²) in [5.74, 6) is 0. The second-order valence-corrected chi connectivity index (χ2v) is 2.79. The van der Waals surface area contributed by atoms with Crippen LogP contribution in [-0.4, -0.2) is 11.2 Å². The Hall–Kier alpha value is -1.34. The molecule has 68 valence electrons. The molecule has 1 unspecified atom stereocenters. The first-order valence-corrected chi connectivity index (χ1v) is 4.37. The molecular weight excluding hydrogens is 160 g/mol. The van der Waals surface area contributed by atoms with Crippen LogP contribution in [0.2, 0.25) is 0 Å². The minimum Gasteiger partial charge on any atom is -0.385 e. The van der Waals surface area contributed by atoms with Crippen molar-refractivity contribution in [3.05, 3.63) is 54.1 Å². The summed E-state index contributed by atoms with van der Waals surface area (Å²) in [6.07, 6.45) is 6.75. The zero-order chi connectivity index (χ0) is 9.52. The van der Waals surface area contributed by atoms with Gasteiger partial charge in [-0.1, -0.05) is 54.6 Å². The van der Waals surface area contributed by atoms with Crippen LogP contribution in [0.4, 0.5) is 0 Å². The van der Waals surface area contributed by atoms with Gasteiger partial charge in [-0.05, 0) is 12.5 Å². The summed E-state index contributed by atoms with van der Waals surface area (Å²) in [6.45, 7) is 1.89. The van der Waals surface area contributed by atoms with Crippen molar-refractivity contribution < 1.29 is 5.11 Å². The van der Waals surface area contributed by atoms with Gasteiger partial charge in [-0.25, -0.2) is 0 Å². The molecule has 1 nitrogen and oxygen atoms in total. The van der Waals surface area contributed by atoms with Gasteiger partial charge in [0.1, 0.15) is 0 Å². The zero-order valence-electron chi connectivity index (χ0n) is 7.72. The average molecular weight is 174 g/mol. The summed E-state index contributed by atoms with van der Waals surface area (Å²) < 4.78 is 0. The van der Waals surface area contributed by atoms with Gasteiger partial charge in [0.25, 0.3) is 0 Å². The van der Waals surface area contributed by atoms with Crippen molar-refractivity contribution in [2.75, 3.05) is 0 Å². The highest BCUT2D eigenvalue weighted by atomic mass is 16.3. The second kappa shape index (κ2) is 5.33. The molecule has 0 aliphatic rings. The number of benzene rings is 1. The normalized spacial score (nSPS) is 14.0. The van der Waals surface area contributed by atoms with Gasteiger partial charge < -0.3 is 5.11 Å². The Morgan fingerprint density at radius 2 is 1.85 bits per heavy atom. The van der Waals surface area contributed by atoms with E-state index in [1.807, 2.05) is 49.4 Å². The monoisotopic (exact) mass is 174 g/mol. The highest BCUT2D eigenvalue weighted by Crippen LogP contribution is 2.02. The molecule has 0 saturated heterocycles. The van der Waals surface area contributed by atoms with Crippen LogP contribution in [0.3, 0.4) is 0 Å². The predicted molar refractivity (Wildman–Crippen MR) is 56.3 cm³/mol. The maximum Gasteiger partial charge on any atom is 0.0905 e. The summed E-state index contributed by atoms with van der Waals surface area (Å²) in [5.41, 5.74) is 1.10. The summed E-state index contributed by atoms with van der Waals surface area (Å²) in [4.78, 5) is 0. The molecule has 0 amide bonds. The van der Waals surface area contributed by atoms with Gasteiger partial charge in [-0.15, -0.1) is 0 Å². The van der Waals surface area contributed by atoms with Gasteiger partial charge in [0.15, 0.2) is 0 Å². The minimum atomic E-state index is -0.481. The molecule has 1 atom stereocenters. The van der Waals surface area contributed by atoms with E-state index in [1.165, 1.54) is 0 Å². The predicted octanol–water partition coefficient (Wildman–Crippen LogP) is 2.64. The van der Waals surface area contributed by atoms with E-state index in [9.17, 15) is 5.11 Å². The van der Waals surface area contributed by atoms with E-state index in [0.717, 1.165) is 5.56 Å². The molecule has 1 aromatic rings. The van der Waals surface area contributed by atoms with Crippen molar-refractivity contribution in [1.82, 2.24) is 0 Å². The van der Waals surface area contributed by atoms with Gasteiger partial charge in [0.05, 0.1) is 6.10 Å². The van der Waals surface area contributed by atoms with Crippen LogP contribution in [0, 0.1) is 0 Å². The lowest BCUT2D eigenvalue weighted by Crippen LogP contribution is -1.94. The molecule has 0 aromatic heterocycles. The smallest absolute Gasteiger partial charge is 0.0905 e. The summed E-state index contributed by atoms with van der Waals surface area (Å²) in [6, 6.07) is 9.92. The fourth-order valence-corrected chi connectivity index (χ4v) is 1.04. The van der Waals surface area contributed by atoms with Gasteiger partial charge >= 0.3 is 0 Å². The number of hydrogen-bond acceptors (Lipinski definition) is 1. The number of allylic oxidation sites excluding steroid dienone is 1. The Bertz CT molecular complexity index is 285. The maximum absolute atomic E-state index is 9.34. The molecular formula is C12H14O. The van der Waals surface area contributed by atoms with Crippen molar-refractivity contribution in [2.45, 2.75) is 13.0 Å². The van der Waals surface area contributed by atoms with E-state index in [0.29, 0.717) is 0 Å². The topological polar surface area (TPSA) is 20.2 Å². The zero-order valence-corrected chi connectivity index (χ0v) is 7.72. The first kappa shape index (κ1) is 9.75. The van der Waals surface area contributed by atoms with Crippen molar-refractivity contribution in [3.63, 3.8) is 0 Å². The van der Waals surface area contributed by atoms with E-state index >= 15 is 0 Å². The molecule has 1 heteroatoms. The molecule has 0 heterocycles. The second-order valence-electron chi connectivity index (χ2n) is 2.79. The minimum absolute atomic E-state index is 0.481. The van der Waals surface area contributed by atoms with E-state index in [4.69, 9.17) is 0 Å².